The van der Waals surface area contributed by atoms with Crippen molar-refractivity contribution in [3.05, 3.63) is 0 Å². The van der Waals surface area contributed by atoms with Crippen LogP contribution in [0.3, 0.4) is 0 Å². The van der Waals surface area contributed by atoms with E-state index in [1.165, 1.54) is 6.26 Å². The molecule has 5 nitrogen and oxygen atoms in total. The molecular formula is C9H20N2O3S. The molecule has 0 aliphatic carbocycles. The van der Waals surface area contributed by atoms with Gasteiger partial charge in [0.05, 0.1) is 5.75 Å². The van der Waals surface area contributed by atoms with E-state index in [4.69, 9.17) is 10.6 Å². The van der Waals surface area contributed by atoms with E-state index in [0.717, 1.165) is 26.1 Å². The number of rotatable bonds is 5. The Morgan fingerprint density at radius 3 is 2.53 bits per heavy atom. The van der Waals surface area contributed by atoms with E-state index in [1.807, 2.05) is 0 Å². The Balaban J connectivity index is 2.40. The number of nitrogens with two attached hydrogens (primary N) is 1. The summed E-state index contributed by atoms with van der Waals surface area (Å²) in [5.74, 6) is 6.08. The maximum Gasteiger partial charge on any atom is 0.147 e. The molecule has 0 radical (unpaired) electrons. The lowest BCUT2D eigenvalue weighted by atomic mass is 9.91. The third kappa shape index (κ3) is 4.92. The molecule has 1 fully saturated rings. The fraction of sp³-hybridized carbons (Fsp3) is 1.00. The summed E-state index contributed by atoms with van der Waals surface area (Å²) in [6.07, 6.45) is 3.75. The zero-order chi connectivity index (χ0) is 11.3. The molecule has 1 heterocycles. The van der Waals surface area contributed by atoms with Crippen molar-refractivity contribution in [2.75, 3.05) is 25.2 Å². The van der Waals surface area contributed by atoms with E-state index in [1.54, 1.807) is 0 Å². The molecule has 90 valence electrons. The van der Waals surface area contributed by atoms with E-state index in [2.05, 4.69) is 5.43 Å². The van der Waals surface area contributed by atoms with Crippen molar-refractivity contribution in [3.8, 4) is 0 Å². The second-order valence-electron chi connectivity index (χ2n) is 4.14. The first-order valence-electron chi connectivity index (χ1n) is 5.24. The summed E-state index contributed by atoms with van der Waals surface area (Å²) in [5, 5.41) is 0. The van der Waals surface area contributed by atoms with E-state index < -0.39 is 9.84 Å². The zero-order valence-electron chi connectivity index (χ0n) is 9.11. The lowest BCUT2D eigenvalue weighted by molar-refractivity contribution is 0.0533. The molecule has 1 aliphatic rings. The van der Waals surface area contributed by atoms with Crippen molar-refractivity contribution in [2.45, 2.75) is 25.3 Å². The van der Waals surface area contributed by atoms with Gasteiger partial charge in [0.1, 0.15) is 9.84 Å². The highest BCUT2D eigenvalue weighted by Crippen LogP contribution is 2.20. The van der Waals surface area contributed by atoms with Crippen molar-refractivity contribution in [1.82, 2.24) is 5.43 Å². The van der Waals surface area contributed by atoms with Gasteiger partial charge in [0.2, 0.25) is 0 Å². The molecular weight excluding hydrogens is 216 g/mol. The maximum atomic E-state index is 11.0. The third-order valence-electron chi connectivity index (χ3n) is 2.85. The van der Waals surface area contributed by atoms with Gasteiger partial charge in [-0.3, -0.25) is 11.3 Å². The highest BCUT2D eigenvalue weighted by molar-refractivity contribution is 7.90. The maximum absolute atomic E-state index is 11.0. The average molecular weight is 236 g/mol. The molecule has 0 aromatic heterocycles. The molecule has 1 aliphatic heterocycles. The smallest absolute Gasteiger partial charge is 0.147 e. The van der Waals surface area contributed by atoms with Crippen molar-refractivity contribution in [2.24, 2.45) is 11.8 Å². The number of hydrogen-bond acceptors (Lipinski definition) is 5. The number of hydrogen-bond donors (Lipinski definition) is 2. The highest BCUT2D eigenvalue weighted by atomic mass is 32.2. The Morgan fingerprint density at radius 1 is 1.47 bits per heavy atom. The Kier molecular flexibility index (Phi) is 4.98. The third-order valence-corrected chi connectivity index (χ3v) is 3.83. The average Bonchev–Trinajstić information content (AvgIpc) is 2.19. The molecule has 0 aromatic carbocycles. The molecule has 15 heavy (non-hydrogen) atoms. The first-order valence-corrected chi connectivity index (χ1v) is 7.30. The molecule has 1 saturated heterocycles. The number of nitrogens with one attached hydrogen (secondary N) is 1. The number of ether oxygens (including phenoxy) is 1. The second-order valence-corrected chi connectivity index (χ2v) is 6.40. The quantitative estimate of drug-likeness (QED) is 0.505. The van der Waals surface area contributed by atoms with Gasteiger partial charge in [0.25, 0.3) is 0 Å². The molecule has 0 aromatic rings. The van der Waals surface area contributed by atoms with E-state index in [9.17, 15) is 8.42 Å². The van der Waals surface area contributed by atoms with E-state index >= 15 is 0 Å². The fourth-order valence-electron chi connectivity index (χ4n) is 1.91. The summed E-state index contributed by atoms with van der Waals surface area (Å²) >= 11 is 0. The van der Waals surface area contributed by atoms with E-state index in [0.29, 0.717) is 12.3 Å². The van der Waals surface area contributed by atoms with Crippen LogP contribution < -0.4 is 11.3 Å². The van der Waals surface area contributed by atoms with Gasteiger partial charge >= 0.3 is 0 Å². The van der Waals surface area contributed by atoms with Crippen LogP contribution in [0.15, 0.2) is 0 Å². The minimum atomic E-state index is -2.89. The SMILES string of the molecule is CS(=O)(=O)CCC(NN)C1CCOCC1. The summed E-state index contributed by atoms with van der Waals surface area (Å²) in [6, 6.07) is 0.0867. The van der Waals surface area contributed by atoms with Crippen LogP contribution in [0.1, 0.15) is 19.3 Å². The summed E-state index contributed by atoms with van der Waals surface area (Å²) in [4.78, 5) is 0. The molecule has 6 heteroatoms. The van der Waals surface area contributed by atoms with Crippen LogP contribution in [0.5, 0.6) is 0 Å². The highest BCUT2D eigenvalue weighted by Gasteiger charge is 2.23. The van der Waals surface area contributed by atoms with E-state index in [-0.39, 0.29) is 11.8 Å². The van der Waals surface area contributed by atoms with Crippen LogP contribution in [-0.4, -0.2) is 39.7 Å². The van der Waals surface area contributed by atoms with Gasteiger partial charge in [-0.1, -0.05) is 0 Å². The normalized spacial score (nSPS) is 21.5. The zero-order valence-corrected chi connectivity index (χ0v) is 9.92. The van der Waals surface area contributed by atoms with Crippen molar-refractivity contribution < 1.29 is 13.2 Å². The van der Waals surface area contributed by atoms with Gasteiger partial charge in [-0.05, 0) is 25.2 Å². The predicted octanol–water partition coefficient (Wildman–Crippen LogP) is -0.320. The monoisotopic (exact) mass is 236 g/mol. The van der Waals surface area contributed by atoms with Crippen LogP contribution in [-0.2, 0) is 14.6 Å². The standard InChI is InChI=1S/C9H20N2O3S/c1-15(12,13)7-4-9(11-10)8-2-5-14-6-3-8/h8-9,11H,2-7,10H2,1H3. The number of hydrazine groups is 1. The van der Waals surface area contributed by atoms with Crippen LogP contribution in [0.25, 0.3) is 0 Å². The fourth-order valence-corrected chi connectivity index (χ4v) is 2.60. The summed E-state index contributed by atoms with van der Waals surface area (Å²) in [6.45, 7) is 1.50. The van der Waals surface area contributed by atoms with Gasteiger partial charge in [-0.25, -0.2) is 8.42 Å². The Labute approximate surface area is 91.3 Å². The molecule has 1 atom stereocenters. The first-order chi connectivity index (χ1) is 7.03. The van der Waals surface area contributed by atoms with Gasteiger partial charge in [-0.2, -0.15) is 0 Å². The van der Waals surface area contributed by atoms with Crippen LogP contribution in [0.4, 0.5) is 0 Å². The molecule has 0 saturated carbocycles. The lowest BCUT2D eigenvalue weighted by Gasteiger charge is -2.29. The van der Waals surface area contributed by atoms with Crippen LogP contribution in [0, 0.1) is 5.92 Å². The molecule has 0 bridgehead atoms. The number of sulfone groups is 1. The summed E-state index contributed by atoms with van der Waals surface area (Å²) in [5.41, 5.74) is 2.72. The summed E-state index contributed by atoms with van der Waals surface area (Å²) < 4.78 is 27.3. The molecule has 1 rings (SSSR count). The lowest BCUT2D eigenvalue weighted by Crippen LogP contribution is -2.43. The predicted molar refractivity (Wildman–Crippen MR) is 59.0 cm³/mol. The second kappa shape index (κ2) is 5.79. The van der Waals surface area contributed by atoms with Gasteiger partial charge in [0, 0.05) is 25.5 Å². The molecule has 1 unspecified atom stereocenters. The summed E-state index contributed by atoms with van der Waals surface area (Å²) in [7, 11) is -2.89. The van der Waals surface area contributed by atoms with Gasteiger partial charge in [0.15, 0.2) is 0 Å². The molecule has 0 spiro atoms. The van der Waals surface area contributed by atoms with Crippen molar-refractivity contribution in [3.63, 3.8) is 0 Å². The minimum Gasteiger partial charge on any atom is -0.381 e. The Hall–Kier alpha value is -0.170. The van der Waals surface area contributed by atoms with Crippen LogP contribution in [0.2, 0.25) is 0 Å². The Morgan fingerprint density at radius 2 is 2.07 bits per heavy atom. The minimum absolute atomic E-state index is 0.0867. The first kappa shape index (κ1) is 12.9. The topological polar surface area (TPSA) is 81.4 Å². The Bertz CT molecular complexity index is 273. The van der Waals surface area contributed by atoms with Crippen molar-refractivity contribution in [1.29, 1.82) is 0 Å². The van der Waals surface area contributed by atoms with Crippen molar-refractivity contribution >= 4 is 9.84 Å². The van der Waals surface area contributed by atoms with Gasteiger partial charge < -0.3 is 4.74 Å². The molecule has 0 amide bonds. The van der Waals surface area contributed by atoms with Gasteiger partial charge in [-0.15, -0.1) is 0 Å². The largest absolute Gasteiger partial charge is 0.381 e. The van der Waals surface area contributed by atoms with Crippen LogP contribution >= 0.6 is 0 Å². The molecule has 3 N–H and O–H groups in total.